The number of halogens is 1. The smallest absolute Gasteiger partial charge is 0.271 e. The van der Waals surface area contributed by atoms with Crippen LogP contribution in [0.15, 0.2) is 29.1 Å². The van der Waals surface area contributed by atoms with Gasteiger partial charge in [0.05, 0.1) is 12.8 Å². The maximum atomic E-state index is 14.3. The number of nitrogens with zero attached hydrogens (tertiary/aromatic N) is 4. The molecule has 1 aliphatic carbocycles. The van der Waals surface area contributed by atoms with E-state index in [4.69, 9.17) is 4.74 Å². The Labute approximate surface area is 177 Å². The zero-order chi connectivity index (χ0) is 21.1. The Morgan fingerprint density at radius 3 is 2.53 bits per heavy atom. The molecule has 2 aromatic rings. The van der Waals surface area contributed by atoms with Crippen LogP contribution in [0.3, 0.4) is 0 Å². The number of benzene rings is 1. The highest BCUT2D eigenvalue weighted by molar-refractivity contribution is 5.60. The normalized spacial score (nSPS) is 18.8. The van der Waals surface area contributed by atoms with Crippen LogP contribution in [0.25, 0.3) is 11.3 Å². The molecule has 2 fully saturated rings. The second-order valence-electron chi connectivity index (χ2n) is 8.62. The Morgan fingerprint density at radius 2 is 1.87 bits per heavy atom. The van der Waals surface area contributed by atoms with Crippen molar-refractivity contribution >= 4 is 0 Å². The summed E-state index contributed by atoms with van der Waals surface area (Å²) in [5.74, 6) is 0.274. The van der Waals surface area contributed by atoms with Gasteiger partial charge in [-0.05, 0) is 50.1 Å². The number of aromatic nitrogens is 2. The first-order chi connectivity index (χ1) is 14.5. The van der Waals surface area contributed by atoms with E-state index >= 15 is 0 Å². The summed E-state index contributed by atoms with van der Waals surface area (Å²) in [5, 5.41) is 4.64. The Kier molecular flexibility index (Phi) is 6.49. The van der Waals surface area contributed by atoms with E-state index in [2.05, 4.69) is 21.9 Å². The summed E-state index contributed by atoms with van der Waals surface area (Å²) in [6, 6.07) is 6.69. The zero-order valence-corrected chi connectivity index (χ0v) is 17.9. The number of hydrogen-bond donors (Lipinski definition) is 0. The Balaban J connectivity index is 1.67. The van der Waals surface area contributed by atoms with E-state index in [1.165, 1.54) is 26.0 Å². The van der Waals surface area contributed by atoms with Crippen molar-refractivity contribution in [3.8, 4) is 17.0 Å². The lowest BCUT2D eigenvalue weighted by Gasteiger charge is -2.32. The SMILES string of the molecule is COc1ccc(-c2cc(CN3CCN(C)CC3)c(=O)n(CC3CCCC3)n2)cc1F. The Morgan fingerprint density at radius 1 is 1.13 bits per heavy atom. The van der Waals surface area contributed by atoms with E-state index in [0.717, 1.165) is 44.6 Å². The number of piperazine rings is 1. The summed E-state index contributed by atoms with van der Waals surface area (Å²) in [6.45, 7) is 5.11. The largest absolute Gasteiger partial charge is 0.494 e. The molecular weight excluding hydrogens is 383 g/mol. The van der Waals surface area contributed by atoms with Gasteiger partial charge in [0.1, 0.15) is 0 Å². The standard InChI is InChI=1S/C23H31FN4O2/c1-26-9-11-27(12-10-26)16-19-14-21(18-7-8-22(30-2)20(24)13-18)25-28(23(19)29)15-17-5-3-4-6-17/h7-8,13-14,17H,3-6,9-12,15-16H2,1-2H3. The number of likely N-dealkylation sites (N-methyl/N-ethyl adjacent to an activating group) is 1. The van der Waals surface area contributed by atoms with E-state index in [-0.39, 0.29) is 11.3 Å². The van der Waals surface area contributed by atoms with Crippen LogP contribution in [-0.2, 0) is 13.1 Å². The molecule has 2 aliphatic rings. The second-order valence-corrected chi connectivity index (χ2v) is 8.62. The summed E-state index contributed by atoms with van der Waals surface area (Å²) in [4.78, 5) is 17.8. The topological polar surface area (TPSA) is 50.6 Å². The third kappa shape index (κ3) is 4.73. The van der Waals surface area contributed by atoms with E-state index in [1.807, 2.05) is 6.07 Å². The average molecular weight is 415 g/mol. The molecule has 0 amide bonds. The van der Waals surface area contributed by atoms with E-state index < -0.39 is 5.82 Å². The molecule has 6 nitrogen and oxygen atoms in total. The van der Waals surface area contributed by atoms with Gasteiger partial charge in [0.25, 0.3) is 5.56 Å². The first-order valence-corrected chi connectivity index (χ1v) is 10.9. The molecule has 1 aromatic carbocycles. The minimum atomic E-state index is -0.425. The number of methoxy groups -OCH3 is 1. The molecule has 2 heterocycles. The number of ether oxygens (including phenoxy) is 1. The molecule has 4 rings (SSSR count). The van der Waals surface area contributed by atoms with Crippen molar-refractivity contribution in [2.24, 2.45) is 5.92 Å². The van der Waals surface area contributed by atoms with Crippen LogP contribution in [0.2, 0.25) is 0 Å². The molecule has 1 aromatic heterocycles. The molecule has 0 spiro atoms. The highest BCUT2D eigenvalue weighted by Crippen LogP contribution is 2.27. The van der Waals surface area contributed by atoms with Gasteiger partial charge in [-0.3, -0.25) is 9.69 Å². The molecule has 1 saturated carbocycles. The number of hydrogen-bond acceptors (Lipinski definition) is 5. The van der Waals surface area contributed by atoms with Crippen LogP contribution in [0.5, 0.6) is 5.75 Å². The molecule has 0 bridgehead atoms. The van der Waals surface area contributed by atoms with Crippen LogP contribution in [0, 0.1) is 11.7 Å². The van der Waals surface area contributed by atoms with E-state index in [1.54, 1.807) is 16.8 Å². The van der Waals surface area contributed by atoms with Crippen LogP contribution in [-0.4, -0.2) is 59.9 Å². The van der Waals surface area contributed by atoms with Crippen LogP contribution >= 0.6 is 0 Å². The molecule has 162 valence electrons. The van der Waals surface area contributed by atoms with Crippen molar-refractivity contribution in [3.05, 3.63) is 46.0 Å². The second kappa shape index (κ2) is 9.27. The summed E-state index contributed by atoms with van der Waals surface area (Å²) in [6.07, 6.45) is 4.72. The van der Waals surface area contributed by atoms with Gasteiger partial charge < -0.3 is 9.64 Å². The van der Waals surface area contributed by atoms with Crippen LogP contribution < -0.4 is 10.3 Å². The fourth-order valence-corrected chi connectivity index (χ4v) is 4.49. The van der Waals surface area contributed by atoms with Gasteiger partial charge in [-0.1, -0.05) is 12.8 Å². The van der Waals surface area contributed by atoms with Crippen molar-refractivity contribution < 1.29 is 9.13 Å². The Hall–Kier alpha value is -2.25. The van der Waals surface area contributed by atoms with Gasteiger partial charge in [0, 0.05) is 50.4 Å². The molecule has 0 radical (unpaired) electrons. The van der Waals surface area contributed by atoms with Crippen molar-refractivity contribution in [1.29, 1.82) is 0 Å². The van der Waals surface area contributed by atoms with Gasteiger partial charge in [-0.2, -0.15) is 5.10 Å². The van der Waals surface area contributed by atoms with Crippen molar-refractivity contribution in [2.75, 3.05) is 40.3 Å². The predicted molar refractivity (Wildman–Crippen MR) is 115 cm³/mol. The molecule has 30 heavy (non-hydrogen) atoms. The quantitative estimate of drug-likeness (QED) is 0.727. The predicted octanol–water partition coefficient (Wildman–Crippen LogP) is 3.00. The lowest BCUT2D eigenvalue weighted by atomic mass is 10.1. The van der Waals surface area contributed by atoms with Crippen LogP contribution in [0.1, 0.15) is 31.2 Å². The molecule has 0 atom stereocenters. The highest BCUT2D eigenvalue weighted by atomic mass is 19.1. The summed E-state index contributed by atoms with van der Waals surface area (Å²) in [7, 11) is 3.57. The zero-order valence-electron chi connectivity index (χ0n) is 17.9. The molecular formula is C23H31FN4O2. The highest BCUT2D eigenvalue weighted by Gasteiger charge is 2.21. The molecule has 0 unspecified atom stereocenters. The minimum Gasteiger partial charge on any atom is -0.494 e. The monoisotopic (exact) mass is 414 g/mol. The fourth-order valence-electron chi connectivity index (χ4n) is 4.49. The van der Waals surface area contributed by atoms with Crippen molar-refractivity contribution in [3.63, 3.8) is 0 Å². The number of rotatable bonds is 6. The third-order valence-electron chi connectivity index (χ3n) is 6.39. The maximum Gasteiger partial charge on any atom is 0.271 e. The first-order valence-electron chi connectivity index (χ1n) is 10.9. The van der Waals surface area contributed by atoms with E-state index in [9.17, 15) is 9.18 Å². The average Bonchev–Trinajstić information content (AvgIpc) is 3.25. The van der Waals surface area contributed by atoms with Crippen LogP contribution in [0.4, 0.5) is 4.39 Å². The summed E-state index contributed by atoms with van der Waals surface area (Å²) < 4.78 is 21.0. The molecule has 7 heteroatoms. The van der Waals surface area contributed by atoms with Crippen molar-refractivity contribution in [1.82, 2.24) is 19.6 Å². The van der Waals surface area contributed by atoms with Crippen molar-refractivity contribution in [2.45, 2.75) is 38.8 Å². The third-order valence-corrected chi connectivity index (χ3v) is 6.39. The lowest BCUT2D eigenvalue weighted by molar-refractivity contribution is 0.147. The Bertz CT molecular complexity index is 931. The van der Waals surface area contributed by atoms with Gasteiger partial charge in [-0.25, -0.2) is 9.07 Å². The van der Waals surface area contributed by atoms with Gasteiger partial charge in [0.15, 0.2) is 11.6 Å². The van der Waals surface area contributed by atoms with E-state index in [0.29, 0.717) is 30.3 Å². The summed E-state index contributed by atoms with van der Waals surface area (Å²) in [5.41, 5.74) is 2.02. The minimum absolute atomic E-state index is 0.0152. The molecule has 1 aliphatic heterocycles. The van der Waals surface area contributed by atoms with Gasteiger partial charge in [0.2, 0.25) is 0 Å². The maximum absolute atomic E-state index is 14.3. The molecule has 0 N–H and O–H groups in total. The molecule has 1 saturated heterocycles. The van der Waals surface area contributed by atoms with Gasteiger partial charge >= 0.3 is 0 Å². The first kappa shape index (κ1) is 21.0. The lowest BCUT2D eigenvalue weighted by Crippen LogP contribution is -2.45. The fraction of sp³-hybridized carbons (Fsp3) is 0.565. The van der Waals surface area contributed by atoms with Gasteiger partial charge in [-0.15, -0.1) is 0 Å². The summed E-state index contributed by atoms with van der Waals surface area (Å²) >= 11 is 0.